The van der Waals surface area contributed by atoms with Gasteiger partial charge < -0.3 is 5.32 Å². The molecule has 0 radical (unpaired) electrons. The van der Waals surface area contributed by atoms with Gasteiger partial charge in [-0.3, -0.25) is 0 Å². The van der Waals surface area contributed by atoms with E-state index < -0.39 is 0 Å². The molecule has 4 heteroatoms. The predicted molar refractivity (Wildman–Crippen MR) is 85.8 cm³/mol. The molecule has 1 aromatic heterocycles. The fourth-order valence-corrected chi connectivity index (χ4v) is 3.76. The molecule has 1 aromatic carbocycles. The monoisotopic (exact) mass is 304 g/mol. The maximum absolute atomic E-state index is 12.9. The fraction of sp³-hybridized carbons (Fsp3) is 0.471. The van der Waals surface area contributed by atoms with Crippen molar-refractivity contribution in [2.45, 2.75) is 38.6 Å². The molecule has 1 aliphatic rings. The van der Waals surface area contributed by atoms with Crippen molar-refractivity contribution in [2.75, 3.05) is 6.54 Å². The number of nitrogens with zero attached hydrogens (tertiary/aromatic N) is 1. The molecule has 2 nitrogen and oxygen atoms in total. The number of halogens is 1. The summed E-state index contributed by atoms with van der Waals surface area (Å²) in [5.41, 5.74) is 2.06. The van der Waals surface area contributed by atoms with Crippen LogP contribution in [-0.4, -0.2) is 11.5 Å². The van der Waals surface area contributed by atoms with E-state index in [1.54, 1.807) is 23.5 Å². The van der Waals surface area contributed by atoms with Gasteiger partial charge in [-0.15, -0.1) is 11.3 Å². The Kier molecular flexibility index (Phi) is 4.99. The lowest BCUT2D eigenvalue weighted by Gasteiger charge is -2.08. The number of hydrogen-bond donors (Lipinski definition) is 1. The van der Waals surface area contributed by atoms with Crippen molar-refractivity contribution in [2.24, 2.45) is 5.92 Å². The molecule has 2 aromatic rings. The van der Waals surface area contributed by atoms with E-state index in [1.807, 2.05) is 0 Å². The largest absolute Gasteiger partial charge is 0.311 e. The molecular weight excluding hydrogens is 283 g/mol. The SMILES string of the molecule is Fc1ccc(-c2nc(CNCCC3CCCC3)cs2)cc1. The summed E-state index contributed by atoms with van der Waals surface area (Å²) in [5, 5.41) is 6.53. The highest BCUT2D eigenvalue weighted by molar-refractivity contribution is 7.13. The summed E-state index contributed by atoms with van der Waals surface area (Å²) in [4.78, 5) is 4.61. The van der Waals surface area contributed by atoms with Gasteiger partial charge in [0.25, 0.3) is 0 Å². The van der Waals surface area contributed by atoms with Crippen LogP contribution in [0.1, 0.15) is 37.8 Å². The number of nitrogens with one attached hydrogen (secondary N) is 1. The topological polar surface area (TPSA) is 24.9 Å². The van der Waals surface area contributed by atoms with Crippen molar-refractivity contribution in [1.82, 2.24) is 10.3 Å². The van der Waals surface area contributed by atoms with Crippen molar-refractivity contribution >= 4 is 11.3 Å². The lowest BCUT2D eigenvalue weighted by molar-refractivity contribution is 0.476. The molecule has 0 unspecified atom stereocenters. The molecule has 0 bridgehead atoms. The number of aromatic nitrogens is 1. The Morgan fingerprint density at radius 1 is 1.19 bits per heavy atom. The highest BCUT2D eigenvalue weighted by atomic mass is 32.1. The van der Waals surface area contributed by atoms with Gasteiger partial charge in [-0.25, -0.2) is 9.37 Å². The van der Waals surface area contributed by atoms with Crippen LogP contribution >= 0.6 is 11.3 Å². The molecule has 1 fully saturated rings. The van der Waals surface area contributed by atoms with Crippen molar-refractivity contribution < 1.29 is 4.39 Å². The number of rotatable bonds is 6. The summed E-state index contributed by atoms with van der Waals surface area (Å²) in [5.74, 6) is 0.729. The molecule has 112 valence electrons. The van der Waals surface area contributed by atoms with Gasteiger partial charge in [0.2, 0.25) is 0 Å². The van der Waals surface area contributed by atoms with Gasteiger partial charge in [0.15, 0.2) is 0 Å². The van der Waals surface area contributed by atoms with Crippen LogP contribution in [0.15, 0.2) is 29.6 Å². The van der Waals surface area contributed by atoms with Crippen LogP contribution in [-0.2, 0) is 6.54 Å². The van der Waals surface area contributed by atoms with Crippen LogP contribution < -0.4 is 5.32 Å². The van der Waals surface area contributed by atoms with Gasteiger partial charge in [0.1, 0.15) is 10.8 Å². The van der Waals surface area contributed by atoms with E-state index in [9.17, 15) is 4.39 Å². The number of thiazole rings is 1. The first-order valence-electron chi connectivity index (χ1n) is 7.72. The second-order valence-electron chi connectivity index (χ2n) is 5.77. The standard InChI is InChI=1S/C17H21FN2S/c18-15-7-5-14(6-8-15)17-20-16(12-21-17)11-19-10-9-13-3-1-2-4-13/h5-8,12-13,19H,1-4,9-11H2. The normalized spacial score (nSPS) is 15.7. The van der Waals surface area contributed by atoms with Crippen LogP contribution in [0.4, 0.5) is 4.39 Å². The van der Waals surface area contributed by atoms with Crippen LogP contribution in [0.2, 0.25) is 0 Å². The first kappa shape index (κ1) is 14.7. The summed E-state index contributed by atoms with van der Waals surface area (Å²) >= 11 is 1.62. The molecule has 0 spiro atoms. The molecule has 1 aliphatic carbocycles. The highest BCUT2D eigenvalue weighted by Crippen LogP contribution is 2.27. The Morgan fingerprint density at radius 2 is 1.95 bits per heavy atom. The van der Waals surface area contributed by atoms with E-state index in [-0.39, 0.29) is 5.82 Å². The molecule has 0 atom stereocenters. The first-order valence-corrected chi connectivity index (χ1v) is 8.60. The average molecular weight is 304 g/mol. The number of hydrogen-bond acceptors (Lipinski definition) is 3. The molecule has 0 saturated heterocycles. The van der Waals surface area contributed by atoms with Gasteiger partial charge in [-0.2, -0.15) is 0 Å². The Hall–Kier alpha value is -1.26. The molecule has 3 rings (SSSR count). The van der Waals surface area contributed by atoms with E-state index >= 15 is 0 Å². The Labute approximate surface area is 129 Å². The summed E-state index contributed by atoms with van der Waals surface area (Å²) < 4.78 is 12.9. The zero-order valence-electron chi connectivity index (χ0n) is 12.1. The maximum atomic E-state index is 12.9. The van der Waals surface area contributed by atoms with Crippen molar-refractivity contribution in [3.63, 3.8) is 0 Å². The summed E-state index contributed by atoms with van der Waals surface area (Å²) in [6.45, 7) is 1.90. The second kappa shape index (κ2) is 7.14. The van der Waals surface area contributed by atoms with Gasteiger partial charge in [0, 0.05) is 17.5 Å². The third kappa shape index (κ3) is 4.11. The predicted octanol–water partition coefficient (Wildman–Crippen LogP) is 4.62. The second-order valence-corrected chi connectivity index (χ2v) is 6.62. The van der Waals surface area contributed by atoms with E-state index in [4.69, 9.17) is 0 Å². The Morgan fingerprint density at radius 3 is 2.71 bits per heavy atom. The highest BCUT2D eigenvalue weighted by Gasteiger charge is 2.14. The van der Waals surface area contributed by atoms with Crippen LogP contribution in [0.5, 0.6) is 0 Å². The average Bonchev–Trinajstić information content (AvgIpc) is 3.16. The van der Waals surface area contributed by atoms with Crippen molar-refractivity contribution in [1.29, 1.82) is 0 Å². The van der Waals surface area contributed by atoms with E-state index in [1.165, 1.54) is 44.2 Å². The van der Waals surface area contributed by atoms with E-state index in [2.05, 4.69) is 15.7 Å². The Balaban J connectivity index is 1.47. The van der Waals surface area contributed by atoms with E-state index in [0.29, 0.717) is 0 Å². The fourth-order valence-electron chi connectivity index (χ4n) is 2.93. The summed E-state index contributed by atoms with van der Waals surface area (Å²) in [6.07, 6.45) is 6.94. The summed E-state index contributed by atoms with van der Waals surface area (Å²) in [7, 11) is 0. The minimum absolute atomic E-state index is 0.205. The van der Waals surface area contributed by atoms with Crippen molar-refractivity contribution in [3.8, 4) is 10.6 Å². The third-order valence-corrected chi connectivity index (χ3v) is 5.09. The minimum atomic E-state index is -0.205. The number of benzene rings is 1. The van der Waals surface area contributed by atoms with Gasteiger partial charge in [0.05, 0.1) is 5.69 Å². The molecule has 1 heterocycles. The van der Waals surface area contributed by atoms with E-state index in [0.717, 1.165) is 35.3 Å². The zero-order chi connectivity index (χ0) is 14.5. The van der Waals surface area contributed by atoms with Gasteiger partial charge in [-0.05, 0) is 43.1 Å². The lowest BCUT2D eigenvalue weighted by atomic mass is 10.0. The quantitative estimate of drug-likeness (QED) is 0.788. The molecule has 0 amide bonds. The lowest BCUT2D eigenvalue weighted by Crippen LogP contribution is -2.17. The molecule has 1 N–H and O–H groups in total. The van der Waals surface area contributed by atoms with Gasteiger partial charge in [-0.1, -0.05) is 25.7 Å². The molecule has 21 heavy (non-hydrogen) atoms. The van der Waals surface area contributed by atoms with Crippen LogP contribution in [0, 0.1) is 11.7 Å². The molecule has 1 saturated carbocycles. The maximum Gasteiger partial charge on any atom is 0.123 e. The zero-order valence-corrected chi connectivity index (χ0v) is 13.0. The molecule has 0 aliphatic heterocycles. The smallest absolute Gasteiger partial charge is 0.123 e. The van der Waals surface area contributed by atoms with Crippen molar-refractivity contribution in [3.05, 3.63) is 41.2 Å². The molecular formula is C17H21FN2S. The third-order valence-electron chi connectivity index (χ3n) is 4.15. The van der Waals surface area contributed by atoms with Crippen LogP contribution in [0.25, 0.3) is 10.6 Å². The van der Waals surface area contributed by atoms with Gasteiger partial charge >= 0.3 is 0 Å². The summed E-state index contributed by atoms with van der Waals surface area (Å²) in [6, 6.07) is 6.53. The first-order chi connectivity index (χ1) is 10.3. The van der Waals surface area contributed by atoms with Crippen LogP contribution in [0.3, 0.4) is 0 Å². The minimum Gasteiger partial charge on any atom is -0.311 e. The Bertz CT molecular complexity index is 558.